The number of methoxy groups -OCH3 is 1. The normalized spacial score (nSPS) is 12.8. The van der Waals surface area contributed by atoms with Crippen molar-refractivity contribution in [3.8, 4) is 0 Å². The number of halogens is 1. The van der Waals surface area contributed by atoms with E-state index in [9.17, 15) is 27.7 Å². The number of carbonyl (C=O) groups is 1. The number of ether oxygens (including phenoxy) is 1. The van der Waals surface area contributed by atoms with Gasteiger partial charge in [0.1, 0.15) is 6.04 Å². The summed E-state index contributed by atoms with van der Waals surface area (Å²) in [7, 11) is -3.39. The van der Waals surface area contributed by atoms with Crippen LogP contribution in [0.15, 0.2) is 23.1 Å². The molecule has 20 heavy (non-hydrogen) atoms. The third-order valence-electron chi connectivity index (χ3n) is 2.31. The average Bonchev–Trinajstić information content (AvgIpc) is 2.36. The number of hydrogen-bond acceptors (Lipinski definition) is 6. The predicted molar refractivity (Wildman–Crippen MR) is 64.9 cm³/mol. The van der Waals surface area contributed by atoms with Gasteiger partial charge < -0.3 is 4.74 Å². The van der Waals surface area contributed by atoms with Gasteiger partial charge in [0.15, 0.2) is 4.90 Å². The summed E-state index contributed by atoms with van der Waals surface area (Å²) in [5.74, 6) is -2.17. The van der Waals surface area contributed by atoms with Gasteiger partial charge in [0, 0.05) is 0 Å². The summed E-state index contributed by atoms with van der Waals surface area (Å²) in [5, 5.41) is 10.7. The maximum absolute atomic E-state index is 13.4. The van der Waals surface area contributed by atoms with Crippen LogP contribution >= 0.6 is 0 Å². The molecule has 0 saturated carbocycles. The van der Waals surface area contributed by atoms with E-state index in [1.807, 2.05) is 4.72 Å². The summed E-state index contributed by atoms with van der Waals surface area (Å²) in [4.78, 5) is 19.9. The molecule has 1 N–H and O–H groups in total. The monoisotopic (exact) mass is 306 g/mol. The van der Waals surface area contributed by atoms with Crippen molar-refractivity contribution in [1.29, 1.82) is 0 Å². The molecule has 0 aliphatic heterocycles. The second-order valence-corrected chi connectivity index (χ2v) is 5.39. The van der Waals surface area contributed by atoms with E-state index < -0.39 is 43.4 Å². The number of esters is 1. The Morgan fingerprint density at radius 2 is 2.10 bits per heavy atom. The number of nitro groups is 1. The van der Waals surface area contributed by atoms with Crippen LogP contribution in [0, 0.1) is 15.9 Å². The highest BCUT2D eigenvalue weighted by atomic mass is 32.2. The van der Waals surface area contributed by atoms with E-state index in [4.69, 9.17) is 0 Å². The van der Waals surface area contributed by atoms with Crippen molar-refractivity contribution >= 4 is 21.7 Å². The first-order valence-electron chi connectivity index (χ1n) is 5.23. The minimum Gasteiger partial charge on any atom is -0.468 e. The maximum atomic E-state index is 13.4. The van der Waals surface area contributed by atoms with Gasteiger partial charge in [-0.05, 0) is 19.1 Å². The highest BCUT2D eigenvalue weighted by Gasteiger charge is 2.31. The smallest absolute Gasteiger partial charge is 0.324 e. The van der Waals surface area contributed by atoms with E-state index >= 15 is 0 Å². The van der Waals surface area contributed by atoms with E-state index in [0.29, 0.717) is 0 Å². The fourth-order valence-corrected chi connectivity index (χ4v) is 2.78. The Morgan fingerprint density at radius 1 is 1.50 bits per heavy atom. The summed E-state index contributed by atoms with van der Waals surface area (Å²) < 4.78 is 43.5. The van der Waals surface area contributed by atoms with Crippen molar-refractivity contribution in [3.63, 3.8) is 0 Å². The van der Waals surface area contributed by atoms with Crippen LogP contribution in [0.4, 0.5) is 10.1 Å². The molecule has 1 atom stereocenters. The third kappa shape index (κ3) is 3.27. The Labute approximate surface area is 113 Å². The van der Waals surface area contributed by atoms with Crippen molar-refractivity contribution in [2.45, 2.75) is 17.9 Å². The second kappa shape index (κ2) is 5.92. The van der Waals surface area contributed by atoms with Crippen LogP contribution in [0.25, 0.3) is 0 Å². The van der Waals surface area contributed by atoms with E-state index in [1.54, 1.807) is 0 Å². The Morgan fingerprint density at radius 3 is 2.60 bits per heavy atom. The lowest BCUT2D eigenvalue weighted by molar-refractivity contribution is -0.390. The number of rotatable bonds is 5. The van der Waals surface area contributed by atoms with Crippen molar-refractivity contribution in [2.24, 2.45) is 0 Å². The molecule has 1 unspecified atom stereocenters. The van der Waals surface area contributed by atoms with Gasteiger partial charge in [-0.3, -0.25) is 14.9 Å². The highest BCUT2D eigenvalue weighted by molar-refractivity contribution is 7.89. The molecule has 0 fully saturated rings. The van der Waals surface area contributed by atoms with E-state index in [2.05, 4.69) is 4.74 Å². The van der Waals surface area contributed by atoms with Gasteiger partial charge >= 0.3 is 11.7 Å². The van der Waals surface area contributed by atoms with E-state index in [1.165, 1.54) is 6.92 Å². The zero-order valence-corrected chi connectivity index (χ0v) is 11.3. The number of nitrogens with one attached hydrogen (secondary N) is 1. The molecule has 0 aliphatic rings. The summed E-state index contributed by atoms with van der Waals surface area (Å²) in [6.45, 7) is 1.19. The fourth-order valence-electron chi connectivity index (χ4n) is 1.41. The molecule has 1 aromatic rings. The molecular weight excluding hydrogens is 295 g/mol. The standard InChI is InChI=1S/C10H11FN2O6S/c1-6(10(14)19-2)12-20(17,18)8-5-3-4-7(11)9(8)13(15)16/h3-6,12H,1-2H3. The molecular formula is C10H11FN2O6S. The van der Waals surface area contributed by atoms with Gasteiger partial charge in [-0.15, -0.1) is 0 Å². The maximum Gasteiger partial charge on any atom is 0.324 e. The van der Waals surface area contributed by atoms with E-state index in [0.717, 1.165) is 25.3 Å². The Balaban J connectivity index is 3.27. The number of hydrogen-bond donors (Lipinski definition) is 1. The van der Waals surface area contributed by atoms with Crippen LogP contribution in [0.1, 0.15) is 6.92 Å². The molecule has 0 radical (unpaired) electrons. The Bertz CT molecular complexity index is 645. The molecule has 1 rings (SSSR count). The summed E-state index contributed by atoms with van der Waals surface area (Å²) in [6.07, 6.45) is 0. The molecule has 0 heterocycles. The summed E-state index contributed by atoms with van der Waals surface area (Å²) >= 11 is 0. The molecule has 0 bridgehead atoms. The van der Waals surface area contributed by atoms with Crippen LogP contribution in [0.5, 0.6) is 0 Å². The summed E-state index contributed by atoms with van der Waals surface area (Å²) in [5.41, 5.74) is -1.18. The van der Waals surface area contributed by atoms with Crippen molar-refractivity contribution in [3.05, 3.63) is 34.1 Å². The van der Waals surface area contributed by atoms with Gasteiger partial charge in [0.05, 0.1) is 12.0 Å². The average molecular weight is 306 g/mol. The van der Waals surface area contributed by atoms with Crippen LogP contribution in [0.2, 0.25) is 0 Å². The molecule has 8 nitrogen and oxygen atoms in total. The van der Waals surface area contributed by atoms with Gasteiger partial charge in [-0.2, -0.15) is 9.11 Å². The number of sulfonamides is 1. The minimum absolute atomic E-state index is 0.765. The lowest BCUT2D eigenvalue weighted by atomic mass is 10.3. The van der Waals surface area contributed by atoms with Crippen LogP contribution < -0.4 is 4.72 Å². The molecule has 0 aromatic heterocycles. The van der Waals surface area contributed by atoms with E-state index in [-0.39, 0.29) is 0 Å². The first kappa shape index (κ1) is 16.0. The number of nitro benzene ring substituents is 1. The summed E-state index contributed by atoms with van der Waals surface area (Å²) in [6, 6.07) is 1.38. The number of nitrogens with zero attached hydrogens (tertiary/aromatic N) is 1. The molecule has 0 saturated heterocycles. The third-order valence-corrected chi connectivity index (χ3v) is 3.88. The largest absolute Gasteiger partial charge is 0.468 e. The Kier molecular flexibility index (Phi) is 4.73. The SMILES string of the molecule is COC(=O)C(C)NS(=O)(=O)c1cccc(F)c1[N+](=O)[O-]. The lowest BCUT2D eigenvalue weighted by Gasteiger charge is -2.12. The Hall–Kier alpha value is -2.07. The topological polar surface area (TPSA) is 116 Å². The molecule has 1 aromatic carbocycles. The van der Waals surface area contributed by atoms with Crippen LogP contribution in [0.3, 0.4) is 0 Å². The molecule has 0 aliphatic carbocycles. The van der Waals surface area contributed by atoms with Gasteiger partial charge in [0.25, 0.3) is 0 Å². The van der Waals surface area contributed by atoms with Crippen molar-refractivity contribution in [1.82, 2.24) is 4.72 Å². The van der Waals surface area contributed by atoms with Crippen molar-refractivity contribution in [2.75, 3.05) is 7.11 Å². The van der Waals surface area contributed by atoms with Crippen molar-refractivity contribution < 1.29 is 27.3 Å². The zero-order valence-electron chi connectivity index (χ0n) is 10.5. The fraction of sp³-hybridized carbons (Fsp3) is 0.300. The molecule has 0 amide bonds. The predicted octanol–water partition coefficient (Wildman–Crippen LogP) is 0.574. The molecule has 0 spiro atoms. The molecule has 10 heteroatoms. The number of para-hydroxylation sites is 1. The number of benzene rings is 1. The highest BCUT2D eigenvalue weighted by Crippen LogP contribution is 2.26. The van der Waals surface area contributed by atoms with Gasteiger partial charge in [-0.1, -0.05) is 6.07 Å². The zero-order chi connectivity index (χ0) is 15.5. The quantitative estimate of drug-likeness (QED) is 0.483. The number of carbonyl (C=O) groups excluding carboxylic acids is 1. The van der Waals surface area contributed by atoms with Gasteiger partial charge in [-0.25, -0.2) is 8.42 Å². The second-order valence-electron chi connectivity index (χ2n) is 3.71. The van der Waals surface area contributed by atoms with Crippen LogP contribution in [-0.2, 0) is 19.6 Å². The van der Waals surface area contributed by atoms with Crippen LogP contribution in [-0.4, -0.2) is 32.5 Å². The first-order chi connectivity index (χ1) is 9.20. The van der Waals surface area contributed by atoms with Gasteiger partial charge in [0.2, 0.25) is 15.8 Å². The molecule has 110 valence electrons. The lowest BCUT2D eigenvalue weighted by Crippen LogP contribution is -2.39. The first-order valence-corrected chi connectivity index (χ1v) is 6.72. The minimum atomic E-state index is -4.45.